The van der Waals surface area contributed by atoms with Gasteiger partial charge in [0.1, 0.15) is 0 Å². The van der Waals surface area contributed by atoms with Gasteiger partial charge in [0, 0.05) is 58.1 Å². The van der Waals surface area contributed by atoms with Gasteiger partial charge in [-0.1, -0.05) is 0 Å². The minimum Gasteiger partial charge on any atom is -0.381 e. The van der Waals surface area contributed by atoms with Crippen molar-refractivity contribution in [2.75, 3.05) is 39.5 Å². The third-order valence-electron chi connectivity index (χ3n) is 4.20. The Balaban J connectivity index is 1.53. The molecular weight excluding hydrogens is 240 g/mol. The molecule has 0 unspecified atom stereocenters. The van der Waals surface area contributed by atoms with Gasteiger partial charge in [0.2, 0.25) is 0 Å². The van der Waals surface area contributed by atoms with Crippen LogP contribution in [0.5, 0.6) is 0 Å². The number of nitrogens with zero attached hydrogens (tertiary/aromatic N) is 2. The van der Waals surface area contributed by atoms with Gasteiger partial charge in [-0.05, 0) is 24.1 Å². The molecule has 3 rings (SSSR count). The molecule has 0 atom stereocenters. The van der Waals surface area contributed by atoms with Gasteiger partial charge < -0.3 is 9.47 Å². The van der Waals surface area contributed by atoms with E-state index in [2.05, 4.69) is 22.0 Å². The molecule has 1 aromatic rings. The molecule has 2 aliphatic heterocycles. The molecule has 0 radical (unpaired) electrons. The smallest absolute Gasteiger partial charge is 0.0853 e. The topological polar surface area (TPSA) is 34.6 Å². The standard InChI is InChI=1S/C15H22N2O2/c1-6-16-7-2-14(1)3-8-17-9-12-19-15(13-17)4-10-18-11-5-15/h1-2,6-7H,3-5,8-13H2. The molecule has 0 saturated carbocycles. The molecule has 2 aliphatic rings. The first kappa shape index (κ1) is 13.0. The summed E-state index contributed by atoms with van der Waals surface area (Å²) < 4.78 is 11.5. The Labute approximate surface area is 114 Å². The van der Waals surface area contributed by atoms with Gasteiger partial charge in [-0.2, -0.15) is 0 Å². The van der Waals surface area contributed by atoms with Crippen LogP contribution >= 0.6 is 0 Å². The van der Waals surface area contributed by atoms with Crippen molar-refractivity contribution in [2.45, 2.75) is 24.9 Å². The maximum Gasteiger partial charge on any atom is 0.0853 e. The highest BCUT2D eigenvalue weighted by atomic mass is 16.5. The van der Waals surface area contributed by atoms with Crippen LogP contribution in [-0.4, -0.2) is 54.9 Å². The van der Waals surface area contributed by atoms with E-state index in [0.717, 1.165) is 58.7 Å². The van der Waals surface area contributed by atoms with E-state index in [0.29, 0.717) is 0 Å². The fraction of sp³-hybridized carbons (Fsp3) is 0.667. The first-order chi connectivity index (χ1) is 9.36. The fourth-order valence-corrected chi connectivity index (χ4v) is 3.00. The second-order valence-electron chi connectivity index (χ2n) is 5.53. The Hall–Kier alpha value is -0.970. The van der Waals surface area contributed by atoms with Gasteiger partial charge in [-0.25, -0.2) is 0 Å². The minimum absolute atomic E-state index is 0.0642. The SMILES string of the molecule is c1cc(CCN2CCOC3(CCOCC3)C2)ccn1. The molecule has 0 aliphatic carbocycles. The second-order valence-corrected chi connectivity index (χ2v) is 5.53. The summed E-state index contributed by atoms with van der Waals surface area (Å²) in [6.45, 7) is 5.76. The van der Waals surface area contributed by atoms with Gasteiger partial charge in [-0.3, -0.25) is 9.88 Å². The highest BCUT2D eigenvalue weighted by Gasteiger charge is 2.37. The van der Waals surface area contributed by atoms with Crippen LogP contribution in [0, 0.1) is 0 Å². The third kappa shape index (κ3) is 3.32. The van der Waals surface area contributed by atoms with Crippen molar-refractivity contribution in [3.63, 3.8) is 0 Å². The molecule has 4 heteroatoms. The largest absolute Gasteiger partial charge is 0.381 e. The lowest BCUT2D eigenvalue weighted by molar-refractivity contribution is -0.153. The van der Waals surface area contributed by atoms with Crippen molar-refractivity contribution in [3.8, 4) is 0 Å². The van der Waals surface area contributed by atoms with Crippen LogP contribution in [0.4, 0.5) is 0 Å². The summed E-state index contributed by atoms with van der Waals surface area (Å²) in [6, 6.07) is 4.20. The zero-order valence-corrected chi connectivity index (χ0v) is 11.4. The maximum absolute atomic E-state index is 6.06. The summed E-state index contributed by atoms with van der Waals surface area (Å²) in [5, 5.41) is 0. The Morgan fingerprint density at radius 3 is 2.74 bits per heavy atom. The van der Waals surface area contributed by atoms with Crippen molar-refractivity contribution in [2.24, 2.45) is 0 Å². The first-order valence-corrected chi connectivity index (χ1v) is 7.19. The van der Waals surface area contributed by atoms with Gasteiger partial charge in [0.05, 0.1) is 12.2 Å². The first-order valence-electron chi connectivity index (χ1n) is 7.19. The van der Waals surface area contributed by atoms with E-state index in [1.165, 1.54) is 5.56 Å². The summed E-state index contributed by atoms with van der Waals surface area (Å²) in [4.78, 5) is 6.60. The van der Waals surface area contributed by atoms with E-state index in [1.54, 1.807) is 0 Å². The molecule has 0 aromatic carbocycles. The zero-order chi connectivity index (χ0) is 13.0. The molecule has 2 fully saturated rings. The van der Waals surface area contributed by atoms with Crippen LogP contribution < -0.4 is 0 Å². The molecule has 0 amide bonds. The number of hydrogen-bond donors (Lipinski definition) is 0. The molecule has 0 bridgehead atoms. The van der Waals surface area contributed by atoms with Crippen LogP contribution in [0.25, 0.3) is 0 Å². The van der Waals surface area contributed by atoms with Crippen LogP contribution in [-0.2, 0) is 15.9 Å². The average Bonchev–Trinajstić information content (AvgIpc) is 2.47. The van der Waals surface area contributed by atoms with Crippen molar-refractivity contribution < 1.29 is 9.47 Å². The highest BCUT2D eigenvalue weighted by molar-refractivity contribution is 5.10. The molecule has 4 nitrogen and oxygen atoms in total. The number of aromatic nitrogens is 1. The molecule has 19 heavy (non-hydrogen) atoms. The van der Waals surface area contributed by atoms with Gasteiger partial charge >= 0.3 is 0 Å². The predicted octanol–water partition coefficient (Wildman–Crippen LogP) is 1.51. The summed E-state index contributed by atoms with van der Waals surface area (Å²) in [5.74, 6) is 0. The van der Waals surface area contributed by atoms with Crippen molar-refractivity contribution in [1.29, 1.82) is 0 Å². The number of pyridine rings is 1. The fourth-order valence-electron chi connectivity index (χ4n) is 3.00. The van der Waals surface area contributed by atoms with Crippen molar-refractivity contribution in [1.82, 2.24) is 9.88 Å². The van der Waals surface area contributed by atoms with Crippen LogP contribution in [0.1, 0.15) is 18.4 Å². The zero-order valence-electron chi connectivity index (χ0n) is 11.4. The molecule has 1 spiro atoms. The van der Waals surface area contributed by atoms with E-state index in [9.17, 15) is 0 Å². The normalized spacial score (nSPS) is 23.6. The number of rotatable bonds is 3. The molecule has 1 aromatic heterocycles. The monoisotopic (exact) mass is 262 g/mol. The average molecular weight is 262 g/mol. The Kier molecular flexibility index (Phi) is 4.11. The Morgan fingerprint density at radius 1 is 1.16 bits per heavy atom. The quantitative estimate of drug-likeness (QED) is 0.827. The third-order valence-corrected chi connectivity index (χ3v) is 4.20. The highest BCUT2D eigenvalue weighted by Crippen LogP contribution is 2.29. The summed E-state index contributed by atoms with van der Waals surface area (Å²) in [5.41, 5.74) is 1.43. The molecular formula is C15H22N2O2. The molecule has 104 valence electrons. The Morgan fingerprint density at radius 2 is 1.95 bits per heavy atom. The van der Waals surface area contributed by atoms with E-state index in [4.69, 9.17) is 9.47 Å². The lowest BCUT2D eigenvalue weighted by Crippen LogP contribution is -2.54. The van der Waals surface area contributed by atoms with Crippen LogP contribution in [0.15, 0.2) is 24.5 Å². The summed E-state index contributed by atoms with van der Waals surface area (Å²) in [7, 11) is 0. The summed E-state index contributed by atoms with van der Waals surface area (Å²) in [6.07, 6.45) is 6.91. The second kappa shape index (κ2) is 5.99. The van der Waals surface area contributed by atoms with E-state index >= 15 is 0 Å². The van der Waals surface area contributed by atoms with Crippen LogP contribution in [0.3, 0.4) is 0 Å². The number of hydrogen-bond acceptors (Lipinski definition) is 4. The Bertz CT molecular complexity index is 385. The van der Waals surface area contributed by atoms with Crippen molar-refractivity contribution >= 4 is 0 Å². The minimum atomic E-state index is 0.0642. The predicted molar refractivity (Wildman–Crippen MR) is 73.1 cm³/mol. The number of ether oxygens (including phenoxy) is 2. The molecule has 0 N–H and O–H groups in total. The van der Waals surface area contributed by atoms with Crippen molar-refractivity contribution in [3.05, 3.63) is 30.1 Å². The van der Waals surface area contributed by atoms with Crippen LogP contribution in [0.2, 0.25) is 0 Å². The maximum atomic E-state index is 6.06. The van der Waals surface area contributed by atoms with Gasteiger partial charge in [0.25, 0.3) is 0 Å². The van der Waals surface area contributed by atoms with E-state index < -0.39 is 0 Å². The van der Waals surface area contributed by atoms with E-state index in [-0.39, 0.29) is 5.60 Å². The van der Waals surface area contributed by atoms with E-state index in [1.807, 2.05) is 12.4 Å². The number of morpholine rings is 1. The summed E-state index contributed by atoms with van der Waals surface area (Å²) >= 11 is 0. The lowest BCUT2D eigenvalue weighted by Gasteiger charge is -2.44. The van der Waals surface area contributed by atoms with Gasteiger partial charge in [-0.15, -0.1) is 0 Å². The molecule has 2 saturated heterocycles. The lowest BCUT2D eigenvalue weighted by atomic mass is 9.92. The molecule has 3 heterocycles. The van der Waals surface area contributed by atoms with Gasteiger partial charge in [0.15, 0.2) is 0 Å².